The summed E-state index contributed by atoms with van der Waals surface area (Å²) in [4.78, 5) is 32.7. The molecule has 1 aromatic carbocycles. The maximum absolute atomic E-state index is 13.2. The molecule has 1 amide bonds. The van der Waals surface area contributed by atoms with Crippen LogP contribution < -0.4 is 10.9 Å². The molecule has 2 aromatic heterocycles. The van der Waals surface area contributed by atoms with Gasteiger partial charge in [0.1, 0.15) is 15.8 Å². The van der Waals surface area contributed by atoms with Crippen LogP contribution in [0.15, 0.2) is 64.4 Å². The number of hydrogen-bond donors (Lipinski definition) is 2. The van der Waals surface area contributed by atoms with Crippen LogP contribution in [0.2, 0.25) is 0 Å². The number of thiocarbonyl (C=S) groups is 1. The SMILES string of the molecule is CC(c1ccccc1)N1C(=O)C(=Cc2c(NCCO)nc3ccccn3c2=O)SC1=S. The smallest absolute Gasteiger partial charge is 0.267 e. The fourth-order valence-electron chi connectivity index (χ4n) is 3.37. The van der Waals surface area contributed by atoms with Crippen LogP contribution in [0.4, 0.5) is 5.82 Å². The first-order valence-electron chi connectivity index (χ1n) is 9.69. The number of carbonyl (C=O) groups is 1. The number of rotatable bonds is 6. The molecular formula is C22H20N4O3S2. The van der Waals surface area contributed by atoms with E-state index < -0.39 is 0 Å². The summed E-state index contributed by atoms with van der Waals surface area (Å²) in [6.45, 7) is 2.03. The molecule has 1 atom stereocenters. The van der Waals surface area contributed by atoms with E-state index in [1.54, 1.807) is 29.3 Å². The van der Waals surface area contributed by atoms with Crippen molar-refractivity contribution in [3.05, 3.63) is 81.1 Å². The van der Waals surface area contributed by atoms with Gasteiger partial charge >= 0.3 is 0 Å². The fourth-order valence-corrected chi connectivity index (χ4v) is 4.77. The van der Waals surface area contributed by atoms with E-state index in [2.05, 4.69) is 10.3 Å². The summed E-state index contributed by atoms with van der Waals surface area (Å²) in [6, 6.07) is 14.7. The average Bonchev–Trinajstić information content (AvgIpc) is 3.07. The number of aliphatic hydroxyl groups excluding tert-OH is 1. The Bertz CT molecular complexity index is 1240. The molecule has 2 N–H and O–H groups in total. The number of fused-ring (bicyclic) bond motifs is 1. The van der Waals surface area contributed by atoms with Gasteiger partial charge in [0.15, 0.2) is 0 Å². The van der Waals surface area contributed by atoms with E-state index in [1.807, 2.05) is 37.3 Å². The number of carbonyl (C=O) groups excluding carboxylic acids is 1. The van der Waals surface area contributed by atoms with E-state index in [9.17, 15) is 14.7 Å². The highest BCUT2D eigenvalue weighted by atomic mass is 32.2. The van der Waals surface area contributed by atoms with Gasteiger partial charge in [0, 0.05) is 12.7 Å². The Balaban J connectivity index is 1.76. The van der Waals surface area contributed by atoms with Gasteiger partial charge in [-0.05, 0) is 30.7 Å². The van der Waals surface area contributed by atoms with Crippen LogP contribution in [0.5, 0.6) is 0 Å². The molecule has 3 heterocycles. The molecule has 0 aliphatic carbocycles. The summed E-state index contributed by atoms with van der Waals surface area (Å²) >= 11 is 6.64. The van der Waals surface area contributed by atoms with E-state index in [1.165, 1.54) is 10.5 Å². The number of anilines is 1. The maximum atomic E-state index is 13.2. The highest BCUT2D eigenvalue weighted by molar-refractivity contribution is 8.26. The average molecular weight is 453 g/mol. The fraction of sp³-hybridized carbons (Fsp3) is 0.182. The minimum atomic E-state index is -0.313. The Labute approximate surface area is 188 Å². The topological polar surface area (TPSA) is 86.9 Å². The largest absolute Gasteiger partial charge is 0.395 e. The molecule has 0 radical (unpaired) electrons. The Hall–Kier alpha value is -3.01. The molecule has 0 saturated carbocycles. The van der Waals surface area contributed by atoms with Crippen molar-refractivity contribution in [2.75, 3.05) is 18.5 Å². The van der Waals surface area contributed by atoms with Gasteiger partial charge in [-0.15, -0.1) is 0 Å². The van der Waals surface area contributed by atoms with Gasteiger partial charge in [0.25, 0.3) is 11.5 Å². The zero-order valence-electron chi connectivity index (χ0n) is 16.7. The summed E-state index contributed by atoms with van der Waals surface area (Å²) in [5, 5.41) is 12.2. The number of nitrogens with zero attached hydrogens (tertiary/aromatic N) is 3. The second-order valence-electron chi connectivity index (χ2n) is 6.90. The second-order valence-corrected chi connectivity index (χ2v) is 8.57. The maximum Gasteiger partial charge on any atom is 0.267 e. The predicted octanol–water partition coefficient (Wildman–Crippen LogP) is 3.06. The molecule has 9 heteroatoms. The molecule has 1 saturated heterocycles. The van der Waals surface area contributed by atoms with Crippen molar-refractivity contribution in [1.82, 2.24) is 14.3 Å². The molecule has 1 fully saturated rings. The van der Waals surface area contributed by atoms with E-state index >= 15 is 0 Å². The molecule has 3 aromatic rings. The molecule has 158 valence electrons. The number of benzene rings is 1. The molecule has 1 aliphatic rings. The van der Waals surface area contributed by atoms with E-state index in [0.717, 1.165) is 17.3 Å². The van der Waals surface area contributed by atoms with Crippen molar-refractivity contribution in [2.24, 2.45) is 0 Å². The number of pyridine rings is 1. The van der Waals surface area contributed by atoms with Gasteiger partial charge in [0.05, 0.1) is 23.1 Å². The number of aromatic nitrogens is 2. The number of aliphatic hydroxyl groups is 1. The lowest BCUT2D eigenvalue weighted by atomic mass is 10.1. The third kappa shape index (κ3) is 4.12. The summed E-state index contributed by atoms with van der Waals surface area (Å²) < 4.78 is 1.86. The number of nitrogens with one attached hydrogen (secondary N) is 1. The van der Waals surface area contributed by atoms with E-state index in [0.29, 0.717) is 20.7 Å². The van der Waals surface area contributed by atoms with Crippen LogP contribution in [0.25, 0.3) is 11.7 Å². The minimum Gasteiger partial charge on any atom is -0.395 e. The third-order valence-corrected chi connectivity index (χ3v) is 6.27. The van der Waals surface area contributed by atoms with Crippen molar-refractivity contribution in [3.8, 4) is 0 Å². The van der Waals surface area contributed by atoms with Crippen LogP contribution in [-0.4, -0.2) is 42.8 Å². The first-order chi connectivity index (χ1) is 15.0. The zero-order chi connectivity index (χ0) is 22.0. The number of amides is 1. The minimum absolute atomic E-state index is 0.119. The monoisotopic (exact) mass is 452 g/mol. The second kappa shape index (κ2) is 9.01. The van der Waals surface area contributed by atoms with E-state index in [-0.39, 0.29) is 36.2 Å². The molecule has 7 nitrogen and oxygen atoms in total. The van der Waals surface area contributed by atoms with Crippen molar-refractivity contribution in [1.29, 1.82) is 0 Å². The van der Waals surface area contributed by atoms with Crippen LogP contribution in [0.3, 0.4) is 0 Å². The zero-order valence-corrected chi connectivity index (χ0v) is 18.3. The number of thioether (sulfide) groups is 1. The molecule has 1 aliphatic heterocycles. The Morgan fingerprint density at radius 1 is 1.19 bits per heavy atom. The van der Waals surface area contributed by atoms with Crippen molar-refractivity contribution < 1.29 is 9.90 Å². The highest BCUT2D eigenvalue weighted by Gasteiger charge is 2.36. The lowest BCUT2D eigenvalue weighted by Crippen LogP contribution is -2.31. The van der Waals surface area contributed by atoms with Crippen LogP contribution in [0.1, 0.15) is 24.1 Å². The van der Waals surface area contributed by atoms with Gasteiger partial charge in [-0.25, -0.2) is 4.98 Å². The van der Waals surface area contributed by atoms with Gasteiger partial charge < -0.3 is 10.4 Å². The summed E-state index contributed by atoms with van der Waals surface area (Å²) in [5.74, 6) is 0.0589. The predicted molar refractivity (Wildman–Crippen MR) is 127 cm³/mol. The summed E-state index contributed by atoms with van der Waals surface area (Å²) in [7, 11) is 0. The normalized spacial score (nSPS) is 16.3. The quantitative estimate of drug-likeness (QED) is 0.439. The molecular weight excluding hydrogens is 432 g/mol. The third-order valence-electron chi connectivity index (χ3n) is 4.94. The first kappa shape index (κ1) is 21.2. The Kier molecular flexibility index (Phi) is 6.17. The Morgan fingerprint density at radius 2 is 1.94 bits per heavy atom. The number of hydrogen-bond acceptors (Lipinski definition) is 7. The molecule has 1 unspecified atom stereocenters. The van der Waals surface area contributed by atoms with Crippen LogP contribution in [-0.2, 0) is 4.79 Å². The summed E-state index contributed by atoms with van der Waals surface area (Å²) in [5.41, 5.74) is 1.37. The van der Waals surface area contributed by atoms with Crippen LogP contribution >= 0.6 is 24.0 Å². The standard InChI is InChI=1S/C22H20N4O3S2/c1-14(15-7-3-2-4-8-15)26-21(29)17(31-22(26)30)13-16-19(23-10-12-27)24-18-9-5-6-11-25(18)20(16)28/h2-9,11,13-14,23,27H,10,12H2,1H3. The molecule has 4 rings (SSSR count). The van der Waals surface area contributed by atoms with Gasteiger partial charge in [0.2, 0.25) is 0 Å². The molecule has 31 heavy (non-hydrogen) atoms. The first-order valence-corrected chi connectivity index (χ1v) is 10.9. The van der Waals surface area contributed by atoms with Crippen molar-refractivity contribution in [2.45, 2.75) is 13.0 Å². The van der Waals surface area contributed by atoms with Crippen LogP contribution in [0, 0.1) is 0 Å². The Morgan fingerprint density at radius 3 is 2.68 bits per heavy atom. The lowest BCUT2D eigenvalue weighted by Gasteiger charge is -2.23. The van der Waals surface area contributed by atoms with Crippen molar-refractivity contribution in [3.63, 3.8) is 0 Å². The molecule has 0 bridgehead atoms. The molecule has 0 spiro atoms. The lowest BCUT2D eigenvalue weighted by molar-refractivity contribution is -0.123. The highest BCUT2D eigenvalue weighted by Crippen LogP contribution is 2.38. The van der Waals surface area contributed by atoms with Gasteiger partial charge in [-0.2, -0.15) is 0 Å². The van der Waals surface area contributed by atoms with Gasteiger partial charge in [-0.3, -0.25) is 18.9 Å². The van der Waals surface area contributed by atoms with Gasteiger partial charge in [-0.1, -0.05) is 60.4 Å². The van der Waals surface area contributed by atoms with Crippen molar-refractivity contribution >= 4 is 51.7 Å². The summed E-state index contributed by atoms with van der Waals surface area (Å²) in [6.07, 6.45) is 3.16. The van der Waals surface area contributed by atoms with E-state index in [4.69, 9.17) is 12.2 Å².